The van der Waals surface area contributed by atoms with Crippen molar-refractivity contribution in [1.82, 2.24) is 5.32 Å². The van der Waals surface area contributed by atoms with Crippen molar-refractivity contribution in [3.8, 4) is 0 Å². The lowest BCUT2D eigenvalue weighted by molar-refractivity contribution is -0.143. The van der Waals surface area contributed by atoms with Gasteiger partial charge in [0.15, 0.2) is 0 Å². The summed E-state index contributed by atoms with van der Waals surface area (Å²) in [5.74, 6) is 0.709. The fourth-order valence-electron chi connectivity index (χ4n) is 2.90. The Kier molecular flexibility index (Phi) is 7.48. The van der Waals surface area contributed by atoms with E-state index in [1.165, 1.54) is 5.57 Å². The Balaban J connectivity index is 2.62. The lowest BCUT2D eigenvalue weighted by Crippen LogP contribution is -2.37. The van der Waals surface area contributed by atoms with E-state index in [2.05, 4.69) is 32.2 Å². The molecule has 0 saturated heterocycles. The van der Waals surface area contributed by atoms with Gasteiger partial charge < -0.3 is 10.1 Å². The van der Waals surface area contributed by atoms with Crippen LogP contribution in [-0.2, 0) is 14.3 Å². The topological polar surface area (TPSA) is 55.4 Å². The van der Waals surface area contributed by atoms with E-state index in [4.69, 9.17) is 4.74 Å². The zero-order valence-corrected chi connectivity index (χ0v) is 13.8. The number of amides is 1. The number of rotatable bonds is 5. The highest BCUT2D eigenvalue weighted by molar-refractivity contribution is 5.83. The van der Waals surface area contributed by atoms with Crippen molar-refractivity contribution in [2.24, 2.45) is 17.8 Å². The molecule has 0 spiro atoms. The maximum absolute atomic E-state index is 12.3. The van der Waals surface area contributed by atoms with Gasteiger partial charge in [0.2, 0.25) is 5.91 Å². The van der Waals surface area contributed by atoms with Gasteiger partial charge in [-0.3, -0.25) is 9.59 Å². The highest BCUT2D eigenvalue weighted by Crippen LogP contribution is 2.31. The number of carbonyl (C=O) groups excluding carboxylic acids is 2. The summed E-state index contributed by atoms with van der Waals surface area (Å²) in [6.45, 7) is 8.60. The second-order valence-electron chi connectivity index (χ2n) is 6.29. The maximum Gasteiger partial charge on any atom is 0.325 e. The Morgan fingerprint density at radius 1 is 1.43 bits per heavy atom. The Bertz CT molecular complexity index is 387. The highest BCUT2D eigenvalue weighted by atomic mass is 16.5. The van der Waals surface area contributed by atoms with Gasteiger partial charge in [0.05, 0.1) is 6.61 Å². The first kappa shape index (κ1) is 17.7. The van der Waals surface area contributed by atoms with Crippen LogP contribution in [0.3, 0.4) is 0 Å². The molecular weight excluding hydrogens is 266 g/mol. The van der Waals surface area contributed by atoms with Crippen molar-refractivity contribution in [3.05, 3.63) is 11.6 Å². The largest absolute Gasteiger partial charge is 0.465 e. The molecule has 4 nitrogen and oxygen atoms in total. The van der Waals surface area contributed by atoms with Gasteiger partial charge in [0.25, 0.3) is 0 Å². The summed E-state index contributed by atoms with van der Waals surface area (Å²) in [6.07, 6.45) is 6.18. The Hall–Kier alpha value is -1.32. The van der Waals surface area contributed by atoms with Gasteiger partial charge in [-0.25, -0.2) is 0 Å². The fraction of sp³-hybridized carbons (Fsp3) is 0.765. The first-order chi connectivity index (χ1) is 9.93. The van der Waals surface area contributed by atoms with E-state index < -0.39 is 0 Å². The van der Waals surface area contributed by atoms with Crippen LogP contribution in [-0.4, -0.2) is 25.0 Å². The van der Waals surface area contributed by atoms with Gasteiger partial charge in [0, 0.05) is 5.92 Å². The summed E-state index contributed by atoms with van der Waals surface area (Å²) in [7, 11) is 0. The number of nitrogens with one attached hydrogen (secondary N) is 1. The molecule has 0 saturated carbocycles. The summed E-state index contributed by atoms with van der Waals surface area (Å²) in [4.78, 5) is 23.7. The number of allylic oxidation sites excluding steroid dienone is 2. The average molecular weight is 295 g/mol. The molecule has 0 fully saturated rings. The van der Waals surface area contributed by atoms with E-state index >= 15 is 0 Å². The monoisotopic (exact) mass is 295 g/mol. The summed E-state index contributed by atoms with van der Waals surface area (Å²) in [5.41, 5.74) is 1.27. The number of esters is 1. The highest BCUT2D eigenvalue weighted by Gasteiger charge is 2.26. The Morgan fingerprint density at radius 2 is 2.14 bits per heavy atom. The van der Waals surface area contributed by atoms with E-state index in [0.717, 1.165) is 25.7 Å². The quantitative estimate of drug-likeness (QED) is 0.626. The molecule has 1 rings (SSSR count). The fourth-order valence-corrected chi connectivity index (χ4v) is 2.90. The zero-order chi connectivity index (χ0) is 15.8. The van der Waals surface area contributed by atoms with E-state index in [1.54, 1.807) is 6.92 Å². The average Bonchev–Trinajstić information content (AvgIpc) is 2.39. The lowest BCUT2D eigenvalue weighted by Gasteiger charge is -2.27. The minimum Gasteiger partial charge on any atom is -0.465 e. The minimum absolute atomic E-state index is 0.0247. The van der Waals surface area contributed by atoms with Crippen LogP contribution in [0, 0.1) is 17.8 Å². The minimum atomic E-state index is -0.371. The molecule has 0 aromatic rings. The van der Waals surface area contributed by atoms with E-state index in [-0.39, 0.29) is 24.3 Å². The molecule has 0 heterocycles. The molecule has 1 N–H and O–H groups in total. The van der Waals surface area contributed by atoms with Crippen molar-refractivity contribution >= 4 is 11.9 Å². The molecule has 4 heteroatoms. The van der Waals surface area contributed by atoms with Gasteiger partial charge in [-0.15, -0.1) is 0 Å². The molecule has 2 atom stereocenters. The van der Waals surface area contributed by atoms with Crippen LogP contribution in [0.4, 0.5) is 0 Å². The van der Waals surface area contributed by atoms with Gasteiger partial charge in [-0.2, -0.15) is 0 Å². The summed E-state index contributed by atoms with van der Waals surface area (Å²) >= 11 is 0. The van der Waals surface area contributed by atoms with Crippen LogP contribution < -0.4 is 5.32 Å². The molecule has 0 unspecified atom stereocenters. The van der Waals surface area contributed by atoms with Crippen molar-refractivity contribution in [2.75, 3.05) is 13.2 Å². The number of hydrogen-bond donors (Lipinski definition) is 1. The van der Waals surface area contributed by atoms with Crippen molar-refractivity contribution in [1.29, 1.82) is 0 Å². The SMILES string of the molecule is CCOC(=O)CNC(=O)[C@@H]1CC(C)=CCC[C@@H](C(C)C)C1. The summed E-state index contributed by atoms with van der Waals surface area (Å²) in [6, 6.07) is 0. The van der Waals surface area contributed by atoms with Gasteiger partial charge in [-0.1, -0.05) is 25.5 Å². The molecule has 1 amide bonds. The van der Waals surface area contributed by atoms with Crippen molar-refractivity contribution < 1.29 is 14.3 Å². The number of hydrogen-bond acceptors (Lipinski definition) is 3. The third-order valence-electron chi connectivity index (χ3n) is 4.21. The second-order valence-corrected chi connectivity index (χ2v) is 6.29. The van der Waals surface area contributed by atoms with Crippen LogP contribution in [0.5, 0.6) is 0 Å². The molecular formula is C17H29NO3. The van der Waals surface area contributed by atoms with Crippen molar-refractivity contribution in [2.45, 2.75) is 53.4 Å². The summed E-state index contributed by atoms with van der Waals surface area (Å²) in [5, 5.41) is 2.72. The van der Waals surface area contributed by atoms with E-state index in [1.807, 2.05) is 0 Å². The number of ether oxygens (including phenoxy) is 1. The predicted octanol–water partition coefficient (Wildman–Crippen LogP) is 3.07. The predicted molar refractivity (Wildman–Crippen MR) is 83.7 cm³/mol. The third kappa shape index (κ3) is 6.32. The molecule has 0 aromatic heterocycles. The van der Waals surface area contributed by atoms with Gasteiger partial charge in [0.1, 0.15) is 6.54 Å². The number of carbonyl (C=O) groups is 2. The Morgan fingerprint density at radius 3 is 2.76 bits per heavy atom. The van der Waals surface area contributed by atoms with Crippen LogP contribution in [0.2, 0.25) is 0 Å². The standard InChI is InChI=1S/C17H29NO3/c1-5-21-16(19)11-18-17(20)15-9-13(4)7-6-8-14(10-15)12(2)3/h7,12,14-15H,5-6,8-11H2,1-4H3,(H,18,20)/t14-,15-/m1/s1. The molecule has 0 aliphatic heterocycles. The van der Waals surface area contributed by atoms with Gasteiger partial charge in [-0.05, 0) is 51.4 Å². The molecule has 1 aliphatic carbocycles. The molecule has 1 aliphatic rings. The van der Waals surface area contributed by atoms with Crippen LogP contribution in [0.25, 0.3) is 0 Å². The van der Waals surface area contributed by atoms with E-state index in [9.17, 15) is 9.59 Å². The molecule has 0 bridgehead atoms. The Labute approximate surface area is 128 Å². The van der Waals surface area contributed by atoms with Crippen LogP contribution in [0.15, 0.2) is 11.6 Å². The van der Waals surface area contributed by atoms with Gasteiger partial charge >= 0.3 is 5.97 Å². The van der Waals surface area contributed by atoms with Crippen molar-refractivity contribution in [3.63, 3.8) is 0 Å². The molecule has 21 heavy (non-hydrogen) atoms. The normalized spacial score (nSPS) is 23.0. The zero-order valence-electron chi connectivity index (χ0n) is 13.8. The first-order valence-electron chi connectivity index (χ1n) is 8.03. The van der Waals surface area contributed by atoms with E-state index in [0.29, 0.717) is 18.4 Å². The second kappa shape index (κ2) is 8.85. The van der Waals surface area contributed by atoms with Crippen LogP contribution >= 0.6 is 0 Å². The third-order valence-corrected chi connectivity index (χ3v) is 4.21. The maximum atomic E-state index is 12.3. The molecule has 0 radical (unpaired) electrons. The molecule has 120 valence electrons. The summed E-state index contributed by atoms with van der Waals surface area (Å²) < 4.78 is 4.84. The van der Waals surface area contributed by atoms with Crippen LogP contribution in [0.1, 0.15) is 53.4 Å². The lowest BCUT2D eigenvalue weighted by atomic mass is 9.79. The first-order valence-corrected chi connectivity index (χ1v) is 8.03. The molecule has 0 aromatic carbocycles. The smallest absolute Gasteiger partial charge is 0.325 e.